The Balaban J connectivity index is 2.02. The number of benzene rings is 2. The molecule has 0 spiro atoms. The number of aliphatic hydroxyl groups excluding tert-OH is 1. The van der Waals surface area contributed by atoms with E-state index in [0.29, 0.717) is 22.8 Å². The van der Waals surface area contributed by atoms with Crippen molar-refractivity contribution in [3.8, 4) is 0 Å². The first-order valence-electron chi connectivity index (χ1n) is 9.23. The van der Waals surface area contributed by atoms with Crippen LogP contribution in [0.4, 0.5) is 5.82 Å². The van der Waals surface area contributed by atoms with Crippen LogP contribution in [0.2, 0.25) is 5.02 Å². The van der Waals surface area contributed by atoms with Crippen LogP contribution in [-0.4, -0.2) is 47.9 Å². The van der Waals surface area contributed by atoms with Gasteiger partial charge in [0, 0.05) is 12.4 Å². The fourth-order valence-corrected chi connectivity index (χ4v) is 4.90. The number of anilines is 1. The van der Waals surface area contributed by atoms with Gasteiger partial charge in [-0.3, -0.25) is 14.5 Å². The molecule has 0 aliphatic carbocycles. The highest BCUT2D eigenvalue weighted by molar-refractivity contribution is 7.92. The molecule has 31 heavy (non-hydrogen) atoms. The Bertz CT molecular complexity index is 1250. The Hall–Kier alpha value is -2.88. The molecule has 2 N–H and O–H groups in total. The van der Waals surface area contributed by atoms with Crippen LogP contribution in [-0.2, 0) is 26.5 Å². The number of hydrogen-bond acceptors (Lipinski definition) is 5. The maximum absolute atomic E-state index is 12.1. The van der Waals surface area contributed by atoms with Gasteiger partial charge in [-0.2, -0.15) is 0 Å². The van der Waals surface area contributed by atoms with Gasteiger partial charge < -0.3 is 14.8 Å². The molecule has 0 bridgehead atoms. The Labute approximate surface area is 184 Å². The second kappa shape index (κ2) is 8.70. The summed E-state index contributed by atoms with van der Waals surface area (Å²) in [6.45, 7) is 1.49. The molecule has 1 atom stereocenters. The summed E-state index contributed by atoms with van der Waals surface area (Å²) in [5, 5.41) is 20.1. The van der Waals surface area contributed by atoms with Crippen molar-refractivity contribution >= 4 is 50.5 Å². The van der Waals surface area contributed by atoms with E-state index in [4.69, 9.17) is 16.7 Å². The van der Waals surface area contributed by atoms with Crippen LogP contribution in [0.15, 0.2) is 47.4 Å². The summed E-state index contributed by atoms with van der Waals surface area (Å²) in [6.07, 6.45) is 0.588. The third-order valence-corrected chi connectivity index (χ3v) is 6.98. The summed E-state index contributed by atoms with van der Waals surface area (Å²) in [7, 11) is -2.21. The molecule has 3 aromatic rings. The van der Waals surface area contributed by atoms with Gasteiger partial charge in [0.2, 0.25) is 6.41 Å². The SMILES string of the molecule is Cc1cc(Cl)c2cc(N(C=O)[C@H](CO)c3ccc(S(=O)(=O)CC(=O)O)cc3)n(C)c2c1. The fraction of sp³-hybridized carbons (Fsp3) is 0.238. The van der Waals surface area contributed by atoms with Crippen molar-refractivity contribution in [1.29, 1.82) is 0 Å². The topological polar surface area (TPSA) is 117 Å². The van der Waals surface area contributed by atoms with Crippen molar-refractivity contribution < 1.29 is 28.2 Å². The van der Waals surface area contributed by atoms with Gasteiger partial charge in [0.15, 0.2) is 15.6 Å². The largest absolute Gasteiger partial charge is 0.480 e. The van der Waals surface area contributed by atoms with Crippen LogP contribution < -0.4 is 4.90 Å². The molecule has 2 aromatic carbocycles. The number of aromatic nitrogens is 1. The van der Waals surface area contributed by atoms with Crippen LogP contribution in [0.1, 0.15) is 17.2 Å². The number of rotatable bonds is 8. The van der Waals surface area contributed by atoms with E-state index >= 15 is 0 Å². The first kappa shape index (κ1) is 22.8. The van der Waals surface area contributed by atoms with E-state index in [0.717, 1.165) is 16.5 Å². The zero-order valence-electron chi connectivity index (χ0n) is 16.8. The van der Waals surface area contributed by atoms with Gasteiger partial charge in [-0.1, -0.05) is 23.7 Å². The normalized spacial score (nSPS) is 12.6. The predicted molar refractivity (Wildman–Crippen MR) is 117 cm³/mol. The van der Waals surface area contributed by atoms with E-state index in [1.54, 1.807) is 17.7 Å². The monoisotopic (exact) mass is 464 g/mol. The lowest BCUT2D eigenvalue weighted by Gasteiger charge is -2.27. The number of aliphatic carboxylic acids is 1. The number of aryl methyl sites for hydroxylation is 2. The van der Waals surface area contributed by atoms with E-state index in [1.165, 1.54) is 29.2 Å². The third kappa shape index (κ3) is 4.43. The average Bonchev–Trinajstić information content (AvgIpc) is 3.02. The van der Waals surface area contributed by atoms with E-state index in [9.17, 15) is 23.1 Å². The Morgan fingerprint density at radius 2 is 1.87 bits per heavy atom. The number of sulfone groups is 1. The molecule has 0 saturated carbocycles. The summed E-state index contributed by atoms with van der Waals surface area (Å²) in [6, 6.07) is 10.1. The molecule has 1 heterocycles. The van der Waals surface area contributed by atoms with Crippen LogP contribution in [0.5, 0.6) is 0 Å². The van der Waals surface area contributed by atoms with E-state index in [2.05, 4.69) is 0 Å². The Morgan fingerprint density at radius 3 is 2.42 bits per heavy atom. The minimum absolute atomic E-state index is 0.153. The summed E-state index contributed by atoms with van der Waals surface area (Å²) >= 11 is 6.35. The molecule has 1 amide bonds. The molecule has 8 nitrogen and oxygen atoms in total. The first-order chi connectivity index (χ1) is 14.6. The molecule has 0 saturated heterocycles. The van der Waals surface area contributed by atoms with Gasteiger partial charge in [0.05, 0.1) is 28.1 Å². The second-order valence-electron chi connectivity index (χ2n) is 7.17. The maximum Gasteiger partial charge on any atom is 0.319 e. The minimum atomic E-state index is -3.98. The molecule has 3 rings (SSSR count). The van der Waals surface area contributed by atoms with Crippen molar-refractivity contribution in [3.63, 3.8) is 0 Å². The van der Waals surface area contributed by atoms with Gasteiger partial charge >= 0.3 is 5.97 Å². The molecule has 0 aliphatic heterocycles. The lowest BCUT2D eigenvalue weighted by atomic mass is 10.1. The molecule has 164 valence electrons. The van der Waals surface area contributed by atoms with E-state index in [-0.39, 0.29) is 4.90 Å². The second-order valence-corrected chi connectivity index (χ2v) is 9.57. The zero-order chi connectivity index (χ0) is 22.9. The van der Waals surface area contributed by atoms with Gasteiger partial charge in [0.25, 0.3) is 0 Å². The predicted octanol–water partition coefficient (Wildman–Crippen LogP) is 2.69. The lowest BCUT2D eigenvalue weighted by molar-refractivity contribution is -0.134. The Kier molecular flexibility index (Phi) is 6.40. The third-order valence-electron chi connectivity index (χ3n) is 5.05. The summed E-state index contributed by atoms with van der Waals surface area (Å²) in [5.74, 6) is -1.97. The molecule has 0 fully saturated rings. The molecular weight excluding hydrogens is 444 g/mol. The molecular formula is C21H21ClN2O6S. The van der Waals surface area contributed by atoms with Gasteiger partial charge in [-0.05, 0) is 48.4 Å². The number of carbonyl (C=O) groups is 2. The van der Waals surface area contributed by atoms with Crippen molar-refractivity contribution in [1.82, 2.24) is 4.57 Å². The summed E-state index contributed by atoms with van der Waals surface area (Å²) in [4.78, 5) is 24.0. The number of carboxylic acids is 1. The number of hydrogen-bond donors (Lipinski definition) is 2. The number of nitrogens with zero attached hydrogens (tertiary/aromatic N) is 2. The van der Waals surface area contributed by atoms with Gasteiger partial charge in [0.1, 0.15) is 5.82 Å². The number of amides is 1. The smallest absolute Gasteiger partial charge is 0.319 e. The first-order valence-corrected chi connectivity index (χ1v) is 11.3. The van der Waals surface area contributed by atoms with Crippen LogP contribution in [0, 0.1) is 6.92 Å². The van der Waals surface area contributed by atoms with E-state index in [1.807, 2.05) is 19.1 Å². The van der Waals surface area contributed by atoms with Gasteiger partial charge in [-0.15, -0.1) is 0 Å². The average molecular weight is 465 g/mol. The van der Waals surface area contributed by atoms with Crippen molar-refractivity contribution in [2.75, 3.05) is 17.3 Å². The molecule has 1 aromatic heterocycles. The van der Waals surface area contributed by atoms with E-state index < -0.39 is 34.2 Å². The van der Waals surface area contributed by atoms with Crippen LogP contribution in [0.25, 0.3) is 10.9 Å². The Morgan fingerprint density at radius 1 is 1.23 bits per heavy atom. The molecule has 10 heteroatoms. The number of carbonyl (C=O) groups excluding carboxylic acids is 1. The van der Waals surface area contributed by atoms with Crippen molar-refractivity contribution in [2.24, 2.45) is 7.05 Å². The standard InChI is InChI=1S/C21H21ClN2O6S/c1-13-7-17(22)16-9-20(23(2)18(16)8-13)24(12-26)19(10-25)14-3-5-15(6-4-14)31(29,30)11-21(27)28/h3-9,12,19,25H,10-11H2,1-2H3,(H,27,28)/t19-/m1/s1. The van der Waals surface area contributed by atoms with Crippen molar-refractivity contribution in [2.45, 2.75) is 17.9 Å². The maximum atomic E-state index is 12.1. The fourth-order valence-electron chi connectivity index (χ4n) is 3.54. The van der Waals surface area contributed by atoms with Crippen LogP contribution in [0.3, 0.4) is 0 Å². The quantitative estimate of drug-likeness (QED) is 0.495. The van der Waals surface area contributed by atoms with Crippen LogP contribution >= 0.6 is 11.6 Å². The lowest BCUT2D eigenvalue weighted by Crippen LogP contribution is -2.31. The number of carboxylic acid groups (broad SMARTS) is 1. The van der Waals surface area contributed by atoms with Gasteiger partial charge in [-0.25, -0.2) is 8.42 Å². The highest BCUT2D eigenvalue weighted by Crippen LogP contribution is 2.34. The number of halogens is 1. The molecule has 0 unspecified atom stereocenters. The number of aliphatic hydroxyl groups is 1. The zero-order valence-corrected chi connectivity index (χ0v) is 18.4. The highest BCUT2D eigenvalue weighted by atomic mass is 35.5. The molecule has 0 aliphatic rings. The molecule has 0 radical (unpaired) electrons. The summed E-state index contributed by atoms with van der Waals surface area (Å²) in [5.41, 5.74) is 2.26. The number of fused-ring (bicyclic) bond motifs is 1. The highest BCUT2D eigenvalue weighted by Gasteiger charge is 2.25. The van der Waals surface area contributed by atoms with Crippen molar-refractivity contribution in [3.05, 3.63) is 58.6 Å². The summed E-state index contributed by atoms with van der Waals surface area (Å²) < 4.78 is 26.0. The minimum Gasteiger partial charge on any atom is -0.480 e.